The fourth-order valence-electron chi connectivity index (χ4n) is 2.46. The highest BCUT2D eigenvalue weighted by Crippen LogP contribution is 2.17. The first-order valence-corrected chi connectivity index (χ1v) is 7.03. The molecule has 3 N–H and O–H groups in total. The van der Waals surface area contributed by atoms with Crippen molar-refractivity contribution in [3.05, 3.63) is 72.6 Å². The second kappa shape index (κ2) is 6.18. The van der Waals surface area contributed by atoms with Crippen LogP contribution in [0.3, 0.4) is 0 Å². The van der Waals surface area contributed by atoms with Gasteiger partial charge in [-0.05, 0) is 35.2 Å². The lowest BCUT2D eigenvalue weighted by Crippen LogP contribution is -1.99. The topological polar surface area (TPSA) is 68.9 Å². The van der Waals surface area contributed by atoms with Gasteiger partial charge in [0.2, 0.25) is 0 Å². The van der Waals surface area contributed by atoms with Crippen LogP contribution >= 0.6 is 0 Å². The first-order chi connectivity index (χ1) is 10.7. The van der Waals surface area contributed by atoms with Crippen molar-refractivity contribution in [2.75, 3.05) is 0 Å². The summed E-state index contributed by atoms with van der Waals surface area (Å²) in [5, 5.41) is 10.9. The second-order valence-corrected chi connectivity index (χ2v) is 4.99. The predicted octanol–water partition coefficient (Wildman–Crippen LogP) is 3.96. The molecule has 22 heavy (non-hydrogen) atoms. The summed E-state index contributed by atoms with van der Waals surface area (Å²) < 4.78 is 0. The van der Waals surface area contributed by atoms with Crippen molar-refractivity contribution in [2.45, 2.75) is 6.42 Å². The Labute approximate surface area is 127 Å². The van der Waals surface area contributed by atoms with Crippen molar-refractivity contribution in [2.24, 2.45) is 0 Å². The van der Waals surface area contributed by atoms with Crippen LogP contribution in [0.5, 0.6) is 0 Å². The number of aromatic amines is 2. The molecule has 4 nitrogen and oxygen atoms in total. The summed E-state index contributed by atoms with van der Waals surface area (Å²) >= 11 is 0. The average molecular weight is 292 g/mol. The molecule has 0 saturated heterocycles. The molecule has 0 amide bonds. The van der Waals surface area contributed by atoms with Crippen molar-refractivity contribution in [3.8, 4) is 0 Å². The predicted molar refractivity (Wildman–Crippen MR) is 87.9 cm³/mol. The van der Waals surface area contributed by atoms with E-state index in [-0.39, 0.29) is 6.42 Å². The Balaban J connectivity index is 0.000000139. The Morgan fingerprint density at radius 3 is 2.41 bits per heavy atom. The van der Waals surface area contributed by atoms with Crippen LogP contribution in [0.4, 0.5) is 0 Å². The van der Waals surface area contributed by atoms with Crippen molar-refractivity contribution < 1.29 is 9.90 Å². The molecule has 0 unspecified atom stereocenters. The number of aromatic nitrogens is 2. The highest BCUT2D eigenvalue weighted by Gasteiger charge is 2.04. The molecule has 2 aromatic carbocycles. The van der Waals surface area contributed by atoms with Crippen molar-refractivity contribution in [1.82, 2.24) is 9.97 Å². The molecule has 0 aliphatic heterocycles. The minimum atomic E-state index is -0.797. The van der Waals surface area contributed by atoms with Crippen LogP contribution in [0.25, 0.3) is 21.8 Å². The number of carboxylic acid groups (broad SMARTS) is 1. The molecule has 0 spiro atoms. The Hall–Kier alpha value is -3.01. The highest BCUT2D eigenvalue weighted by molar-refractivity contribution is 5.86. The summed E-state index contributed by atoms with van der Waals surface area (Å²) in [4.78, 5) is 16.7. The normalized spacial score (nSPS) is 10.4. The maximum absolute atomic E-state index is 10.5. The fourth-order valence-corrected chi connectivity index (χ4v) is 2.46. The number of fused-ring (bicyclic) bond motifs is 2. The Bertz CT molecular complexity index is 875. The zero-order valence-electron chi connectivity index (χ0n) is 11.9. The molecule has 0 fully saturated rings. The van der Waals surface area contributed by atoms with Crippen LogP contribution in [0.1, 0.15) is 5.56 Å². The van der Waals surface area contributed by atoms with Crippen molar-refractivity contribution >= 4 is 27.8 Å². The molecule has 0 saturated carbocycles. The van der Waals surface area contributed by atoms with Crippen LogP contribution in [-0.4, -0.2) is 21.0 Å². The molecule has 0 radical (unpaired) electrons. The quantitative estimate of drug-likeness (QED) is 0.523. The molecule has 0 bridgehead atoms. The van der Waals surface area contributed by atoms with E-state index >= 15 is 0 Å². The van der Waals surface area contributed by atoms with E-state index in [9.17, 15) is 4.79 Å². The van der Waals surface area contributed by atoms with E-state index in [1.54, 1.807) is 0 Å². The number of nitrogens with one attached hydrogen (secondary N) is 2. The standard InChI is InChI=1S/C10H9NO2.C8H7N/c12-10(13)6-7-2-1-3-9-8(7)4-5-11-9;1-2-4-8-7(3-1)5-6-9-8/h1-5,11H,6H2,(H,12,13);1-6,9H. The largest absolute Gasteiger partial charge is 0.481 e. The van der Waals surface area contributed by atoms with Gasteiger partial charge in [-0.3, -0.25) is 4.79 Å². The first-order valence-electron chi connectivity index (χ1n) is 7.03. The number of aliphatic carboxylic acids is 1. The van der Waals surface area contributed by atoms with Gasteiger partial charge in [-0.2, -0.15) is 0 Å². The van der Waals surface area contributed by atoms with Crippen molar-refractivity contribution in [1.29, 1.82) is 0 Å². The number of carboxylic acids is 1. The van der Waals surface area contributed by atoms with E-state index in [1.165, 1.54) is 10.9 Å². The first kappa shape index (κ1) is 13.9. The van der Waals surface area contributed by atoms with Gasteiger partial charge in [-0.25, -0.2) is 0 Å². The number of hydrogen-bond donors (Lipinski definition) is 3. The summed E-state index contributed by atoms with van der Waals surface area (Å²) in [6.07, 6.45) is 3.84. The van der Waals surface area contributed by atoms with Crippen LogP contribution in [-0.2, 0) is 11.2 Å². The number of hydrogen-bond acceptors (Lipinski definition) is 1. The molecule has 4 rings (SSSR count). The smallest absolute Gasteiger partial charge is 0.307 e. The third kappa shape index (κ3) is 3.01. The van der Waals surface area contributed by atoms with Crippen LogP contribution in [0.15, 0.2) is 67.0 Å². The maximum Gasteiger partial charge on any atom is 0.307 e. The molecule has 2 aromatic heterocycles. The molecular weight excluding hydrogens is 276 g/mol. The van der Waals surface area contributed by atoms with E-state index in [0.29, 0.717) is 0 Å². The van der Waals surface area contributed by atoms with Crippen LogP contribution in [0, 0.1) is 0 Å². The van der Waals surface area contributed by atoms with Gasteiger partial charge in [-0.1, -0.05) is 30.3 Å². The van der Waals surface area contributed by atoms with E-state index in [0.717, 1.165) is 16.5 Å². The zero-order valence-corrected chi connectivity index (χ0v) is 11.9. The van der Waals surface area contributed by atoms with Gasteiger partial charge in [-0.15, -0.1) is 0 Å². The number of para-hydroxylation sites is 1. The lowest BCUT2D eigenvalue weighted by Gasteiger charge is -1.98. The SMILES string of the molecule is O=C(O)Cc1cccc2[nH]ccc12.c1ccc2[nH]ccc2c1. The number of carbonyl (C=O) groups is 1. The van der Waals surface area contributed by atoms with Gasteiger partial charge in [0.15, 0.2) is 0 Å². The summed E-state index contributed by atoms with van der Waals surface area (Å²) in [6.45, 7) is 0. The summed E-state index contributed by atoms with van der Waals surface area (Å²) in [6, 6.07) is 17.8. The van der Waals surface area contributed by atoms with Crippen LogP contribution < -0.4 is 0 Å². The van der Waals surface area contributed by atoms with Gasteiger partial charge < -0.3 is 15.1 Å². The third-order valence-corrected chi connectivity index (χ3v) is 3.49. The van der Waals surface area contributed by atoms with E-state index < -0.39 is 5.97 Å². The van der Waals surface area contributed by atoms with Gasteiger partial charge in [0, 0.05) is 28.8 Å². The zero-order chi connectivity index (χ0) is 15.4. The second-order valence-electron chi connectivity index (χ2n) is 4.99. The molecule has 0 atom stereocenters. The summed E-state index contributed by atoms with van der Waals surface area (Å²) in [5.41, 5.74) is 3.04. The number of rotatable bonds is 2. The minimum absolute atomic E-state index is 0.0786. The molecule has 110 valence electrons. The average Bonchev–Trinajstić information content (AvgIpc) is 3.16. The molecule has 4 aromatic rings. The Morgan fingerprint density at radius 1 is 0.864 bits per heavy atom. The van der Waals surface area contributed by atoms with Crippen molar-refractivity contribution in [3.63, 3.8) is 0 Å². The van der Waals surface area contributed by atoms with Gasteiger partial charge in [0.1, 0.15) is 0 Å². The Kier molecular flexibility index (Phi) is 3.92. The lowest BCUT2D eigenvalue weighted by molar-refractivity contribution is -0.136. The minimum Gasteiger partial charge on any atom is -0.481 e. The van der Waals surface area contributed by atoms with Gasteiger partial charge >= 0.3 is 5.97 Å². The third-order valence-electron chi connectivity index (χ3n) is 3.49. The lowest BCUT2D eigenvalue weighted by atomic mass is 10.1. The summed E-state index contributed by atoms with van der Waals surface area (Å²) in [5.74, 6) is -0.797. The maximum atomic E-state index is 10.5. The highest BCUT2D eigenvalue weighted by atomic mass is 16.4. The van der Waals surface area contributed by atoms with Gasteiger partial charge in [0.25, 0.3) is 0 Å². The fraction of sp³-hybridized carbons (Fsp3) is 0.0556. The molecular formula is C18H16N2O2. The molecule has 0 aliphatic rings. The van der Waals surface area contributed by atoms with Crippen LogP contribution in [0.2, 0.25) is 0 Å². The van der Waals surface area contributed by atoms with Gasteiger partial charge in [0.05, 0.1) is 6.42 Å². The van der Waals surface area contributed by atoms with E-state index in [4.69, 9.17) is 5.11 Å². The summed E-state index contributed by atoms with van der Waals surface area (Å²) in [7, 11) is 0. The molecule has 4 heteroatoms. The number of H-pyrrole nitrogens is 2. The molecule has 0 aliphatic carbocycles. The number of benzene rings is 2. The Morgan fingerprint density at radius 2 is 1.59 bits per heavy atom. The van der Waals surface area contributed by atoms with E-state index in [2.05, 4.69) is 28.2 Å². The van der Waals surface area contributed by atoms with E-state index in [1.807, 2.05) is 48.8 Å². The molecule has 2 heterocycles. The monoisotopic (exact) mass is 292 g/mol.